The molecule has 0 radical (unpaired) electrons. The monoisotopic (exact) mass is 271 g/mol. The minimum atomic E-state index is -0.593. The number of aliphatic hydroxyl groups is 1. The van der Waals surface area contributed by atoms with Crippen molar-refractivity contribution in [2.75, 3.05) is 13.6 Å². The van der Waals surface area contributed by atoms with Crippen LogP contribution in [0.4, 0.5) is 0 Å². The molecule has 1 N–H and O–H groups in total. The standard InChI is InChI=1S/C14H17N5O/c1-18(8-13-9-19(2)17-16-13)10-14(20)12-5-3-11(7-15)4-6-12/h3-6,9,14,20H,8,10H2,1-2H3. The van der Waals surface area contributed by atoms with E-state index in [9.17, 15) is 5.11 Å². The summed E-state index contributed by atoms with van der Waals surface area (Å²) in [5.41, 5.74) is 2.26. The second-order valence-electron chi connectivity index (χ2n) is 4.83. The quantitative estimate of drug-likeness (QED) is 0.872. The van der Waals surface area contributed by atoms with E-state index in [4.69, 9.17) is 5.26 Å². The number of aryl methyl sites for hydroxylation is 1. The van der Waals surface area contributed by atoms with E-state index in [0.717, 1.165) is 11.3 Å². The number of aromatic nitrogens is 3. The van der Waals surface area contributed by atoms with Gasteiger partial charge < -0.3 is 5.11 Å². The van der Waals surface area contributed by atoms with Gasteiger partial charge in [0.1, 0.15) is 0 Å². The van der Waals surface area contributed by atoms with E-state index in [0.29, 0.717) is 18.7 Å². The fourth-order valence-corrected chi connectivity index (χ4v) is 1.99. The highest BCUT2D eigenvalue weighted by Gasteiger charge is 2.12. The molecule has 1 atom stereocenters. The van der Waals surface area contributed by atoms with Crippen molar-refractivity contribution >= 4 is 0 Å². The molecule has 1 aromatic carbocycles. The lowest BCUT2D eigenvalue weighted by atomic mass is 10.1. The fourth-order valence-electron chi connectivity index (χ4n) is 1.99. The average molecular weight is 271 g/mol. The van der Waals surface area contributed by atoms with Crippen LogP contribution in [0.5, 0.6) is 0 Å². The van der Waals surface area contributed by atoms with Gasteiger partial charge in [-0.15, -0.1) is 5.10 Å². The largest absolute Gasteiger partial charge is 0.387 e. The molecule has 2 aromatic rings. The van der Waals surface area contributed by atoms with Gasteiger partial charge in [-0.05, 0) is 24.7 Å². The molecule has 0 aliphatic rings. The van der Waals surface area contributed by atoms with Crippen molar-refractivity contribution in [1.29, 1.82) is 5.26 Å². The lowest BCUT2D eigenvalue weighted by molar-refractivity contribution is 0.123. The van der Waals surface area contributed by atoms with Crippen molar-refractivity contribution < 1.29 is 5.11 Å². The summed E-state index contributed by atoms with van der Waals surface area (Å²) in [6.45, 7) is 1.11. The normalized spacial score (nSPS) is 12.3. The van der Waals surface area contributed by atoms with Crippen LogP contribution in [-0.4, -0.2) is 38.6 Å². The Balaban J connectivity index is 1.92. The summed E-state index contributed by atoms with van der Waals surface area (Å²) in [6, 6.07) is 9.03. The van der Waals surface area contributed by atoms with Gasteiger partial charge in [0.15, 0.2) is 0 Å². The van der Waals surface area contributed by atoms with Crippen molar-refractivity contribution in [3.05, 3.63) is 47.3 Å². The fraction of sp³-hybridized carbons (Fsp3) is 0.357. The summed E-state index contributed by atoms with van der Waals surface area (Å²) in [4.78, 5) is 1.98. The van der Waals surface area contributed by atoms with Crippen LogP contribution in [0.2, 0.25) is 0 Å². The number of hydrogen-bond donors (Lipinski definition) is 1. The smallest absolute Gasteiger partial charge is 0.0991 e. The molecule has 0 saturated heterocycles. The molecule has 2 rings (SSSR count). The molecule has 6 heteroatoms. The van der Waals surface area contributed by atoms with Crippen molar-refractivity contribution in [2.45, 2.75) is 12.6 Å². The number of likely N-dealkylation sites (N-methyl/N-ethyl adjacent to an activating group) is 1. The molecule has 0 amide bonds. The molecule has 6 nitrogen and oxygen atoms in total. The van der Waals surface area contributed by atoms with Gasteiger partial charge in [-0.3, -0.25) is 9.58 Å². The number of nitriles is 1. The predicted octanol–water partition coefficient (Wildman–Crippen LogP) is 0.852. The molecule has 0 bridgehead atoms. The Bertz CT molecular complexity index is 599. The topological polar surface area (TPSA) is 78.0 Å². The van der Waals surface area contributed by atoms with Crippen molar-refractivity contribution in [3.63, 3.8) is 0 Å². The third-order valence-electron chi connectivity index (χ3n) is 2.99. The van der Waals surface area contributed by atoms with Crippen LogP contribution in [0, 0.1) is 11.3 Å². The first-order chi connectivity index (χ1) is 9.58. The average Bonchev–Trinajstić information content (AvgIpc) is 2.84. The molecule has 0 saturated carbocycles. The van der Waals surface area contributed by atoms with Crippen LogP contribution in [-0.2, 0) is 13.6 Å². The maximum atomic E-state index is 10.2. The van der Waals surface area contributed by atoms with Crippen LogP contribution in [0.3, 0.4) is 0 Å². The maximum absolute atomic E-state index is 10.2. The highest BCUT2D eigenvalue weighted by molar-refractivity contribution is 5.32. The minimum Gasteiger partial charge on any atom is -0.387 e. The molecule has 0 fully saturated rings. The first-order valence-corrected chi connectivity index (χ1v) is 6.30. The Morgan fingerprint density at radius 3 is 2.65 bits per heavy atom. The summed E-state index contributed by atoms with van der Waals surface area (Å²) in [5.74, 6) is 0. The van der Waals surface area contributed by atoms with E-state index >= 15 is 0 Å². The Labute approximate surface area is 117 Å². The number of aliphatic hydroxyl groups excluding tert-OH is 1. The summed E-state index contributed by atoms with van der Waals surface area (Å²) in [6.07, 6.45) is 1.26. The van der Waals surface area contributed by atoms with E-state index in [2.05, 4.69) is 16.4 Å². The van der Waals surface area contributed by atoms with E-state index in [1.54, 1.807) is 28.9 Å². The Hall–Kier alpha value is -2.23. The molecular weight excluding hydrogens is 254 g/mol. The molecule has 0 spiro atoms. The minimum absolute atomic E-state index is 0.489. The van der Waals surface area contributed by atoms with Crippen molar-refractivity contribution in [1.82, 2.24) is 19.9 Å². The highest BCUT2D eigenvalue weighted by atomic mass is 16.3. The lowest BCUT2D eigenvalue weighted by Crippen LogP contribution is -2.24. The summed E-state index contributed by atoms with van der Waals surface area (Å²) in [7, 11) is 3.74. The summed E-state index contributed by atoms with van der Waals surface area (Å²) < 4.78 is 1.65. The van der Waals surface area contributed by atoms with Crippen LogP contribution in [0.15, 0.2) is 30.5 Å². The number of rotatable bonds is 5. The second-order valence-corrected chi connectivity index (χ2v) is 4.83. The van der Waals surface area contributed by atoms with Gasteiger partial charge in [-0.1, -0.05) is 17.3 Å². The van der Waals surface area contributed by atoms with Gasteiger partial charge in [0, 0.05) is 26.3 Å². The number of benzene rings is 1. The lowest BCUT2D eigenvalue weighted by Gasteiger charge is -2.19. The number of hydrogen-bond acceptors (Lipinski definition) is 5. The number of nitrogens with zero attached hydrogens (tertiary/aromatic N) is 5. The van der Waals surface area contributed by atoms with Crippen LogP contribution >= 0.6 is 0 Å². The van der Waals surface area contributed by atoms with E-state index in [1.165, 1.54) is 0 Å². The predicted molar refractivity (Wildman–Crippen MR) is 73.5 cm³/mol. The molecule has 104 valence electrons. The van der Waals surface area contributed by atoms with Gasteiger partial charge >= 0.3 is 0 Å². The molecule has 1 aromatic heterocycles. The zero-order valence-corrected chi connectivity index (χ0v) is 11.6. The SMILES string of the molecule is CN(Cc1cn(C)nn1)CC(O)c1ccc(C#N)cc1. The summed E-state index contributed by atoms with van der Waals surface area (Å²) in [5, 5.41) is 26.8. The van der Waals surface area contributed by atoms with E-state index in [-0.39, 0.29) is 0 Å². The van der Waals surface area contributed by atoms with E-state index < -0.39 is 6.10 Å². The third-order valence-corrected chi connectivity index (χ3v) is 2.99. The van der Waals surface area contributed by atoms with Crippen LogP contribution in [0.1, 0.15) is 22.9 Å². The van der Waals surface area contributed by atoms with Gasteiger partial charge in [0.2, 0.25) is 0 Å². The van der Waals surface area contributed by atoms with E-state index in [1.807, 2.05) is 25.2 Å². The molecule has 1 unspecified atom stereocenters. The molecule has 20 heavy (non-hydrogen) atoms. The maximum Gasteiger partial charge on any atom is 0.0991 e. The first kappa shape index (κ1) is 14.2. The van der Waals surface area contributed by atoms with Gasteiger partial charge in [-0.25, -0.2) is 0 Å². The van der Waals surface area contributed by atoms with Crippen LogP contribution < -0.4 is 0 Å². The van der Waals surface area contributed by atoms with Crippen molar-refractivity contribution in [2.24, 2.45) is 7.05 Å². The zero-order valence-electron chi connectivity index (χ0n) is 11.6. The third kappa shape index (κ3) is 3.63. The Kier molecular flexibility index (Phi) is 4.45. The molecule has 0 aliphatic carbocycles. The molecule has 1 heterocycles. The summed E-state index contributed by atoms with van der Waals surface area (Å²) >= 11 is 0. The Morgan fingerprint density at radius 1 is 1.40 bits per heavy atom. The Morgan fingerprint density at radius 2 is 2.10 bits per heavy atom. The molecular formula is C14H17N5O. The van der Waals surface area contributed by atoms with Gasteiger partial charge in [0.25, 0.3) is 0 Å². The first-order valence-electron chi connectivity index (χ1n) is 6.30. The van der Waals surface area contributed by atoms with Gasteiger partial charge in [0.05, 0.1) is 23.4 Å². The molecule has 0 aliphatic heterocycles. The van der Waals surface area contributed by atoms with Crippen LogP contribution in [0.25, 0.3) is 0 Å². The second kappa shape index (κ2) is 6.28. The van der Waals surface area contributed by atoms with Crippen molar-refractivity contribution in [3.8, 4) is 6.07 Å². The van der Waals surface area contributed by atoms with Gasteiger partial charge in [-0.2, -0.15) is 5.26 Å². The highest BCUT2D eigenvalue weighted by Crippen LogP contribution is 2.15. The zero-order chi connectivity index (χ0) is 14.5.